The van der Waals surface area contributed by atoms with Gasteiger partial charge < -0.3 is 14.4 Å². The first-order valence-electron chi connectivity index (χ1n) is 10.7. The van der Waals surface area contributed by atoms with Gasteiger partial charge in [-0.15, -0.1) is 0 Å². The predicted molar refractivity (Wildman–Crippen MR) is 125 cm³/mol. The summed E-state index contributed by atoms with van der Waals surface area (Å²) in [5.41, 5.74) is 2.58. The van der Waals surface area contributed by atoms with Crippen molar-refractivity contribution in [3.63, 3.8) is 0 Å². The monoisotopic (exact) mass is 431 g/mol. The average molecular weight is 432 g/mol. The molecular formula is C27H26FNO3. The lowest BCUT2D eigenvalue weighted by Gasteiger charge is -2.20. The van der Waals surface area contributed by atoms with Crippen LogP contribution >= 0.6 is 0 Å². The molecular weight excluding hydrogens is 405 g/mol. The van der Waals surface area contributed by atoms with Gasteiger partial charge in [0.1, 0.15) is 18.2 Å². The van der Waals surface area contributed by atoms with E-state index >= 15 is 0 Å². The Hall–Kier alpha value is -3.44. The van der Waals surface area contributed by atoms with E-state index in [9.17, 15) is 14.3 Å². The SMILES string of the molecule is CC(C)Cn1c(CO)c(-c2cccc(F)c2)c2cc(OCc3ccccc3)ccc2c1=O. The van der Waals surface area contributed by atoms with Gasteiger partial charge in [0.15, 0.2) is 0 Å². The summed E-state index contributed by atoms with van der Waals surface area (Å²) in [5, 5.41) is 11.4. The molecule has 164 valence electrons. The molecule has 4 nitrogen and oxygen atoms in total. The Morgan fingerprint density at radius 1 is 0.969 bits per heavy atom. The van der Waals surface area contributed by atoms with Crippen molar-refractivity contribution in [2.45, 2.75) is 33.6 Å². The predicted octanol–water partition coefficient (Wildman–Crippen LogP) is 5.53. The van der Waals surface area contributed by atoms with Crippen LogP contribution in [0.1, 0.15) is 25.1 Å². The summed E-state index contributed by atoms with van der Waals surface area (Å²) >= 11 is 0. The fourth-order valence-electron chi connectivity index (χ4n) is 3.99. The van der Waals surface area contributed by atoms with Crippen LogP contribution in [0.25, 0.3) is 21.9 Å². The van der Waals surface area contributed by atoms with Crippen LogP contribution in [0.5, 0.6) is 5.75 Å². The molecule has 0 saturated heterocycles. The van der Waals surface area contributed by atoms with Gasteiger partial charge in [-0.25, -0.2) is 4.39 Å². The van der Waals surface area contributed by atoms with Crippen LogP contribution < -0.4 is 10.3 Å². The number of ether oxygens (including phenoxy) is 1. The Bertz CT molecular complexity index is 1300. The third kappa shape index (κ3) is 4.43. The molecule has 4 rings (SSSR count). The van der Waals surface area contributed by atoms with Crippen LogP contribution in [-0.2, 0) is 19.8 Å². The Morgan fingerprint density at radius 2 is 1.75 bits per heavy atom. The van der Waals surface area contributed by atoms with Crippen molar-refractivity contribution in [3.05, 3.63) is 100 Å². The van der Waals surface area contributed by atoms with Gasteiger partial charge in [0, 0.05) is 22.9 Å². The maximum atomic E-state index is 14.1. The highest BCUT2D eigenvalue weighted by atomic mass is 19.1. The van der Waals surface area contributed by atoms with Gasteiger partial charge in [0.2, 0.25) is 0 Å². The minimum Gasteiger partial charge on any atom is -0.489 e. The quantitative estimate of drug-likeness (QED) is 0.418. The number of benzene rings is 3. The van der Waals surface area contributed by atoms with Crippen molar-refractivity contribution in [2.24, 2.45) is 5.92 Å². The zero-order valence-corrected chi connectivity index (χ0v) is 18.2. The summed E-state index contributed by atoms with van der Waals surface area (Å²) in [4.78, 5) is 13.3. The summed E-state index contributed by atoms with van der Waals surface area (Å²) in [6, 6.07) is 21.4. The van der Waals surface area contributed by atoms with Crippen molar-refractivity contribution in [2.75, 3.05) is 0 Å². The number of pyridine rings is 1. The molecule has 1 aromatic heterocycles. The Balaban J connectivity index is 1.92. The molecule has 0 amide bonds. The average Bonchev–Trinajstić information content (AvgIpc) is 2.79. The van der Waals surface area contributed by atoms with Gasteiger partial charge in [-0.2, -0.15) is 0 Å². The number of fused-ring (bicyclic) bond motifs is 1. The van der Waals surface area contributed by atoms with Crippen LogP contribution in [0.4, 0.5) is 4.39 Å². The Kier molecular flexibility index (Phi) is 6.37. The molecule has 0 spiro atoms. The molecule has 1 heterocycles. The highest BCUT2D eigenvalue weighted by Gasteiger charge is 2.19. The first-order chi connectivity index (χ1) is 15.5. The summed E-state index contributed by atoms with van der Waals surface area (Å²) in [6.45, 7) is 4.54. The smallest absolute Gasteiger partial charge is 0.258 e. The fraction of sp³-hybridized carbons (Fsp3) is 0.222. The van der Waals surface area contributed by atoms with Gasteiger partial charge >= 0.3 is 0 Å². The first-order valence-corrected chi connectivity index (χ1v) is 10.7. The molecule has 0 atom stereocenters. The Morgan fingerprint density at radius 3 is 2.44 bits per heavy atom. The number of rotatable bonds is 7. The van der Waals surface area contributed by atoms with Gasteiger partial charge in [-0.1, -0.05) is 56.3 Å². The van der Waals surface area contributed by atoms with Gasteiger partial charge in [-0.3, -0.25) is 4.79 Å². The highest BCUT2D eigenvalue weighted by molar-refractivity contribution is 5.98. The summed E-state index contributed by atoms with van der Waals surface area (Å²) in [6.07, 6.45) is 0. The minimum absolute atomic E-state index is 0.174. The van der Waals surface area contributed by atoms with Crippen molar-refractivity contribution < 1.29 is 14.2 Å². The van der Waals surface area contributed by atoms with Crippen molar-refractivity contribution in [1.82, 2.24) is 4.57 Å². The summed E-state index contributed by atoms with van der Waals surface area (Å²) < 4.78 is 21.7. The van der Waals surface area contributed by atoms with E-state index in [0.29, 0.717) is 46.5 Å². The van der Waals surface area contributed by atoms with Crippen molar-refractivity contribution in [1.29, 1.82) is 0 Å². The third-order valence-electron chi connectivity index (χ3n) is 5.41. The van der Waals surface area contributed by atoms with Crippen molar-refractivity contribution in [3.8, 4) is 16.9 Å². The molecule has 0 aliphatic heterocycles. The molecule has 5 heteroatoms. The highest BCUT2D eigenvalue weighted by Crippen LogP contribution is 2.34. The van der Waals surface area contributed by atoms with E-state index in [1.807, 2.05) is 44.2 Å². The second-order valence-corrected chi connectivity index (χ2v) is 8.28. The molecule has 0 radical (unpaired) electrons. The normalized spacial score (nSPS) is 11.3. The number of hydrogen-bond donors (Lipinski definition) is 1. The van der Waals surface area contributed by atoms with E-state index in [4.69, 9.17) is 4.74 Å². The summed E-state index contributed by atoms with van der Waals surface area (Å²) in [5.74, 6) is 0.422. The second-order valence-electron chi connectivity index (χ2n) is 8.28. The number of aliphatic hydroxyl groups is 1. The molecule has 0 saturated carbocycles. The number of aliphatic hydroxyl groups excluding tert-OH is 1. The van der Waals surface area contributed by atoms with E-state index in [0.717, 1.165) is 5.56 Å². The number of nitrogens with zero attached hydrogens (tertiary/aromatic N) is 1. The van der Waals surface area contributed by atoms with E-state index in [2.05, 4.69) is 0 Å². The maximum Gasteiger partial charge on any atom is 0.258 e. The van der Waals surface area contributed by atoms with Gasteiger partial charge in [-0.05, 0) is 47.4 Å². The van der Waals surface area contributed by atoms with Crippen molar-refractivity contribution >= 4 is 10.8 Å². The van der Waals surface area contributed by atoms with Crippen LogP contribution in [0.15, 0.2) is 77.6 Å². The van der Waals surface area contributed by atoms with Crippen LogP contribution in [0, 0.1) is 11.7 Å². The molecule has 0 bridgehead atoms. The zero-order valence-electron chi connectivity index (χ0n) is 18.2. The molecule has 32 heavy (non-hydrogen) atoms. The number of hydrogen-bond acceptors (Lipinski definition) is 3. The van der Waals surface area contributed by atoms with E-state index < -0.39 is 0 Å². The van der Waals surface area contributed by atoms with E-state index in [-0.39, 0.29) is 23.9 Å². The molecule has 0 aliphatic carbocycles. The lowest BCUT2D eigenvalue weighted by molar-refractivity contribution is 0.267. The first kappa shape index (κ1) is 21.8. The van der Waals surface area contributed by atoms with Crippen LogP contribution in [-0.4, -0.2) is 9.67 Å². The number of halogens is 1. The zero-order chi connectivity index (χ0) is 22.7. The topological polar surface area (TPSA) is 51.5 Å². The maximum absolute atomic E-state index is 14.1. The van der Waals surface area contributed by atoms with Gasteiger partial charge in [0.05, 0.1) is 12.3 Å². The minimum atomic E-state index is -0.377. The molecule has 1 N–H and O–H groups in total. The molecule has 0 aliphatic rings. The largest absolute Gasteiger partial charge is 0.489 e. The lowest BCUT2D eigenvalue weighted by Crippen LogP contribution is -2.27. The standard InChI is InChI=1S/C27H26FNO3/c1-18(2)15-29-25(16-30)26(20-9-6-10-21(28)13-20)24-14-22(11-12-23(24)27(29)31)32-17-19-7-4-3-5-8-19/h3-14,18,30H,15-17H2,1-2H3. The fourth-order valence-corrected chi connectivity index (χ4v) is 3.99. The molecule has 0 fully saturated rings. The van der Waals surface area contributed by atoms with Crippen LogP contribution in [0.3, 0.4) is 0 Å². The Labute approximate surface area is 186 Å². The van der Waals surface area contributed by atoms with E-state index in [1.165, 1.54) is 12.1 Å². The van der Waals surface area contributed by atoms with E-state index in [1.54, 1.807) is 34.9 Å². The lowest BCUT2D eigenvalue weighted by atomic mass is 9.96. The molecule has 4 aromatic rings. The molecule has 0 unspecified atom stereocenters. The van der Waals surface area contributed by atoms with Gasteiger partial charge in [0.25, 0.3) is 5.56 Å². The summed E-state index contributed by atoms with van der Waals surface area (Å²) in [7, 11) is 0. The number of aromatic nitrogens is 1. The third-order valence-corrected chi connectivity index (χ3v) is 5.41. The second kappa shape index (κ2) is 9.37. The van der Waals surface area contributed by atoms with Crippen LogP contribution in [0.2, 0.25) is 0 Å². The molecule has 3 aromatic carbocycles.